The summed E-state index contributed by atoms with van der Waals surface area (Å²) in [6.45, 7) is 0. The number of carboxylic acids is 3. The maximum absolute atomic E-state index is 10.8. The summed E-state index contributed by atoms with van der Waals surface area (Å²) in [6.07, 6.45) is 0. The van der Waals surface area contributed by atoms with Gasteiger partial charge in [-0.05, 0) is 0 Å². The van der Waals surface area contributed by atoms with E-state index in [9.17, 15) is 14.4 Å². The van der Waals surface area contributed by atoms with Gasteiger partial charge in [-0.25, -0.2) is 0 Å². The SMILES string of the molecule is O=C(O)c1cc(C(=O)O)[c]([Mo])c(C(=O)O)c1. The van der Waals surface area contributed by atoms with Gasteiger partial charge in [0.05, 0.1) is 0 Å². The average Bonchev–Trinajstić information content (AvgIpc) is 2.16. The molecule has 0 atom stereocenters. The number of benzene rings is 1. The minimum absolute atomic E-state index is 0.0424. The summed E-state index contributed by atoms with van der Waals surface area (Å²) < 4.78 is 0.0424. The molecule has 0 amide bonds. The molecule has 0 bridgehead atoms. The average molecular weight is 305 g/mol. The molecule has 6 nitrogen and oxygen atoms in total. The van der Waals surface area contributed by atoms with Gasteiger partial charge in [0.15, 0.2) is 0 Å². The zero-order chi connectivity index (χ0) is 12.5. The van der Waals surface area contributed by atoms with Crippen LogP contribution in [-0.4, -0.2) is 33.2 Å². The molecule has 0 aromatic heterocycles. The van der Waals surface area contributed by atoms with Crippen LogP contribution in [0.15, 0.2) is 12.1 Å². The third-order valence-electron chi connectivity index (χ3n) is 1.80. The van der Waals surface area contributed by atoms with Crippen molar-refractivity contribution in [1.82, 2.24) is 0 Å². The fourth-order valence-electron chi connectivity index (χ4n) is 1.07. The van der Waals surface area contributed by atoms with Crippen LogP contribution >= 0.6 is 0 Å². The third kappa shape index (κ3) is 2.28. The molecule has 0 heterocycles. The number of carboxylic acid groups (broad SMARTS) is 3. The van der Waals surface area contributed by atoms with Crippen LogP contribution in [0, 0.1) is 0 Å². The first-order valence-corrected chi connectivity index (χ1v) is 4.90. The second kappa shape index (κ2) is 4.45. The summed E-state index contributed by atoms with van der Waals surface area (Å²) in [5.74, 6) is -4.08. The van der Waals surface area contributed by atoms with Gasteiger partial charge in [0, 0.05) is 0 Å². The van der Waals surface area contributed by atoms with Crippen LogP contribution < -0.4 is 3.95 Å². The second-order valence-corrected chi connectivity index (χ2v) is 3.82. The van der Waals surface area contributed by atoms with Crippen molar-refractivity contribution in [2.75, 3.05) is 0 Å². The van der Waals surface area contributed by atoms with Crippen molar-refractivity contribution in [2.24, 2.45) is 0 Å². The van der Waals surface area contributed by atoms with Crippen LogP contribution in [0.4, 0.5) is 0 Å². The van der Waals surface area contributed by atoms with Crippen molar-refractivity contribution in [3.05, 3.63) is 28.8 Å². The van der Waals surface area contributed by atoms with E-state index in [0.717, 1.165) is 12.1 Å². The van der Waals surface area contributed by atoms with Gasteiger partial charge in [0.25, 0.3) is 0 Å². The van der Waals surface area contributed by atoms with E-state index < -0.39 is 17.9 Å². The van der Waals surface area contributed by atoms with Crippen molar-refractivity contribution >= 4 is 21.9 Å². The van der Waals surface area contributed by atoms with Gasteiger partial charge in [0.2, 0.25) is 0 Å². The van der Waals surface area contributed by atoms with Gasteiger partial charge in [-0.15, -0.1) is 0 Å². The topological polar surface area (TPSA) is 112 Å². The summed E-state index contributed by atoms with van der Waals surface area (Å²) in [5, 5.41) is 26.3. The Hall–Kier alpha value is -1.68. The van der Waals surface area contributed by atoms with Crippen molar-refractivity contribution in [3.8, 4) is 0 Å². The quantitative estimate of drug-likeness (QED) is 0.675. The molecule has 1 rings (SSSR count). The predicted octanol–water partition coefficient (Wildman–Crippen LogP) is -0.0467. The van der Waals surface area contributed by atoms with E-state index in [1.54, 1.807) is 0 Å². The van der Waals surface area contributed by atoms with Gasteiger partial charge in [0.1, 0.15) is 0 Å². The Balaban J connectivity index is 3.57. The van der Waals surface area contributed by atoms with Crippen molar-refractivity contribution in [3.63, 3.8) is 0 Å². The van der Waals surface area contributed by atoms with E-state index in [4.69, 9.17) is 15.3 Å². The first-order chi connectivity index (χ1) is 7.34. The van der Waals surface area contributed by atoms with E-state index in [1.807, 2.05) is 0 Å². The second-order valence-electron chi connectivity index (χ2n) is 2.82. The predicted molar refractivity (Wildman–Crippen MR) is 47.0 cm³/mol. The summed E-state index contributed by atoms with van der Waals surface area (Å²) in [5.41, 5.74) is -0.994. The zero-order valence-electron chi connectivity index (χ0n) is 7.63. The molecule has 0 aliphatic rings. The van der Waals surface area contributed by atoms with Crippen LogP contribution in [0.25, 0.3) is 0 Å². The summed E-state index contributed by atoms with van der Waals surface area (Å²) in [7, 11) is 0. The molecule has 0 aliphatic carbocycles. The Bertz CT molecular complexity index is 458. The van der Waals surface area contributed by atoms with Gasteiger partial charge in [-0.2, -0.15) is 0 Å². The molecule has 1 aromatic carbocycles. The van der Waals surface area contributed by atoms with E-state index in [0.29, 0.717) is 0 Å². The van der Waals surface area contributed by atoms with Gasteiger partial charge in [-0.1, -0.05) is 0 Å². The Morgan fingerprint density at radius 3 is 1.50 bits per heavy atom. The van der Waals surface area contributed by atoms with E-state index >= 15 is 0 Å². The molecule has 0 fully saturated rings. The van der Waals surface area contributed by atoms with Crippen LogP contribution in [-0.2, 0) is 19.8 Å². The Morgan fingerprint density at radius 2 is 1.25 bits per heavy atom. The fourth-order valence-corrected chi connectivity index (χ4v) is 1.79. The molecular formula is C9H5MoO6. The first kappa shape index (κ1) is 12.4. The molecule has 0 unspecified atom stereocenters. The minimum atomic E-state index is -1.37. The molecule has 0 spiro atoms. The Morgan fingerprint density at radius 1 is 0.875 bits per heavy atom. The number of carbonyl (C=O) groups is 3. The molecule has 1 aromatic rings. The molecule has 0 saturated heterocycles. The third-order valence-corrected chi connectivity index (χ3v) is 2.88. The summed E-state index contributed by atoms with van der Waals surface area (Å²) >= 11 is 1.24. The molecule has 0 radical (unpaired) electrons. The van der Waals surface area contributed by atoms with Crippen LogP contribution in [0.5, 0.6) is 0 Å². The zero-order valence-corrected chi connectivity index (χ0v) is 9.64. The number of rotatable bonds is 3. The monoisotopic (exact) mass is 307 g/mol. The van der Waals surface area contributed by atoms with Crippen LogP contribution in [0.2, 0.25) is 0 Å². The Kier molecular flexibility index (Phi) is 3.44. The maximum atomic E-state index is 10.8. The molecule has 16 heavy (non-hydrogen) atoms. The van der Waals surface area contributed by atoms with Crippen molar-refractivity contribution < 1.29 is 49.5 Å². The number of hydrogen-bond donors (Lipinski definition) is 3. The fraction of sp³-hybridized carbons (Fsp3) is 0. The summed E-state index contributed by atoms with van der Waals surface area (Å²) in [4.78, 5) is 32.3. The number of hydrogen-bond acceptors (Lipinski definition) is 3. The van der Waals surface area contributed by atoms with Gasteiger partial charge in [-0.3, -0.25) is 0 Å². The molecule has 0 saturated carbocycles. The van der Waals surface area contributed by atoms with E-state index in [-0.39, 0.29) is 20.6 Å². The van der Waals surface area contributed by atoms with Crippen molar-refractivity contribution in [2.45, 2.75) is 0 Å². The molecule has 7 heteroatoms. The summed E-state index contributed by atoms with van der Waals surface area (Å²) in [6, 6.07) is 1.88. The standard InChI is InChI=1S/C9H5O6.Mo/c10-7(11)4-1-5(8(12)13)3-6(2-4)9(14)15;/h1-2H,(H,10,11)(H,12,13)(H,14,15);. The van der Waals surface area contributed by atoms with Crippen molar-refractivity contribution in [1.29, 1.82) is 0 Å². The Labute approximate surface area is 100 Å². The van der Waals surface area contributed by atoms with Crippen LogP contribution in [0.1, 0.15) is 31.1 Å². The first-order valence-electron chi connectivity index (χ1n) is 3.89. The van der Waals surface area contributed by atoms with Gasteiger partial charge >= 0.3 is 100 Å². The van der Waals surface area contributed by atoms with E-state index in [2.05, 4.69) is 0 Å². The van der Waals surface area contributed by atoms with Gasteiger partial charge < -0.3 is 0 Å². The molecule has 83 valence electrons. The molecular weight excluding hydrogens is 300 g/mol. The molecule has 0 aliphatic heterocycles. The molecule has 3 N–H and O–H groups in total. The van der Waals surface area contributed by atoms with E-state index in [1.165, 1.54) is 19.8 Å². The number of aromatic carboxylic acids is 3. The van der Waals surface area contributed by atoms with Crippen LogP contribution in [0.3, 0.4) is 0 Å². The normalized spacial score (nSPS) is 9.75.